The lowest BCUT2D eigenvalue weighted by atomic mass is 10.1. The Hall–Kier alpha value is -1.26. The minimum absolute atomic E-state index is 0.0369. The second kappa shape index (κ2) is 3.37. The number of hydrogen-bond acceptors (Lipinski definition) is 2. The van der Waals surface area contributed by atoms with Crippen LogP contribution in [0.3, 0.4) is 0 Å². The molecule has 1 aliphatic carbocycles. The minimum atomic E-state index is -0.873. The van der Waals surface area contributed by atoms with Crippen molar-refractivity contribution in [3.63, 3.8) is 0 Å². The van der Waals surface area contributed by atoms with E-state index in [0.717, 1.165) is 0 Å². The van der Waals surface area contributed by atoms with Crippen LogP contribution in [0.2, 0.25) is 0 Å². The zero-order valence-corrected chi connectivity index (χ0v) is 9.86. The van der Waals surface area contributed by atoms with Gasteiger partial charge in [0.15, 0.2) is 0 Å². The van der Waals surface area contributed by atoms with E-state index in [-0.39, 0.29) is 29.2 Å². The molecule has 2 fully saturated rings. The van der Waals surface area contributed by atoms with E-state index in [1.165, 1.54) is 4.90 Å². The number of likely N-dealkylation sites (tertiary alicyclic amines) is 1. The highest BCUT2D eigenvalue weighted by molar-refractivity contribution is 5.83. The summed E-state index contributed by atoms with van der Waals surface area (Å²) in [6, 6.07) is 0. The average molecular weight is 226 g/mol. The number of carbonyl (C=O) groups is 2. The number of fused-ring (bicyclic) bond motifs is 1. The Morgan fingerprint density at radius 3 is 2.12 bits per heavy atom. The summed E-state index contributed by atoms with van der Waals surface area (Å²) in [6.45, 7) is 6.89. The quantitative estimate of drug-likeness (QED) is 0.693. The second-order valence-corrected chi connectivity index (χ2v) is 5.78. The third-order valence-electron chi connectivity index (χ3n) is 3.27. The van der Waals surface area contributed by atoms with Gasteiger partial charge >= 0.3 is 6.09 Å². The van der Waals surface area contributed by atoms with Crippen molar-refractivity contribution in [3.8, 4) is 0 Å². The van der Waals surface area contributed by atoms with E-state index in [4.69, 9.17) is 5.11 Å². The van der Waals surface area contributed by atoms with E-state index in [0.29, 0.717) is 13.1 Å². The SMILES string of the molecule is CC(C)(C)NC(=O)C1[C@H]2CN(C(=O)O)C[C@@H]12. The van der Waals surface area contributed by atoms with Crippen molar-refractivity contribution in [3.05, 3.63) is 0 Å². The van der Waals surface area contributed by atoms with Gasteiger partial charge in [-0.1, -0.05) is 0 Å². The third kappa shape index (κ3) is 1.99. The number of hydrogen-bond donors (Lipinski definition) is 2. The maximum Gasteiger partial charge on any atom is 0.407 e. The zero-order chi connectivity index (χ0) is 12.1. The van der Waals surface area contributed by atoms with Crippen molar-refractivity contribution >= 4 is 12.0 Å². The van der Waals surface area contributed by atoms with Gasteiger partial charge in [-0.3, -0.25) is 4.79 Å². The van der Waals surface area contributed by atoms with E-state index < -0.39 is 6.09 Å². The van der Waals surface area contributed by atoms with Crippen molar-refractivity contribution in [2.45, 2.75) is 26.3 Å². The van der Waals surface area contributed by atoms with Crippen molar-refractivity contribution in [2.75, 3.05) is 13.1 Å². The predicted molar refractivity (Wildman–Crippen MR) is 58.0 cm³/mol. The van der Waals surface area contributed by atoms with Crippen LogP contribution >= 0.6 is 0 Å². The first-order valence-electron chi connectivity index (χ1n) is 5.59. The van der Waals surface area contributed by atoms with Crippen molar-refractivity contribution in [1.29, 1.82) is 0 Å². The molecule has 0 aromatic carbocycles. The summed E-state index contributed by atoms with van der Waals surface area (Å²) in [5.41, 5.74) is -0.208. The third-order valence-corrected chi connectivity index (χ3v) is 3.27. The van der Waals surface area contributed by atoms with Gasteiger partial charge in [-0.15, -0.1) is 0 Å². The molecule has 1 aliphatic heterocycles. The first-order valence-corrected chi connectivity index (χ1v) is 5.59. The second-order valence-electron chi connectivity index (χ2n) is 5.78. The molecule has 1 saturated heterocycles. The molecule has 0 aromatic heterocycles. The van der Waals surface area contributed by atoms with Crippen molar-refractivity contribution < 1.29 is 14.7 Å². The van der Waals surface area contributed by atoms with Crippen LogP contribution in [0.15, 0.2) is 0 Å². The largest absolute Gasteiger partial charge is 0.465 e. The summed E-state index contributed by atoms with van der Waals surface area (Å²) in [5, 5.41) is 11.7. The van der Waals surface area contributed by atoms with Gasteiger partial charge in [-0.05, 0) is 32.6 Å². The van der Waals surface area contributed by atoms with Gasteiger partial charge in [0.25, 0.3) is 0 Å². The Bertz CT molecular complexity index is 323. The van der Waals surface area contributed by atoms with E-state index in [9.17, 15) is 9.59 Å². The highest BCUT2D eigenvalue weighted by Crippen LogP contribution is 2.51. The summed E-state index contributed by atoms with van der Waals surface area (Å²) in [6.07, 6.45) is -0.873. The molecule has 1 heterocycles. The molecule has 0 bridgehead atoms. The molecule has 5 heteroatoms. The van der Waals surface area contributed by atoms with Crippen molar-refractivity contribution in [1.82, 2.24) is 10.2 Å². The first kappa shape index (κ1) is 11.2. The van der Waals surface area contributed by atoms with Gasteiger partial charge in [-0.2, -0.15) is 0 Å². The Labute approximate surface area is 94.8 Å². The van der Waals surface area contributed by atoms with E-state index in [1.807, 2.05) is 20.8 Å². The number of nitrogens with one attached hydrogen (secondary N) is 1. The molecule has 5 nitrogen and oxygen atoms in total. The molecule has 1 saturated carbocycles. The van der Waals surface area contributed by atoms with Gasteiger partial charge < -0.3 is 15.3 Å². The molecule has 2 amide bonds. The normalized spacial score (nSPS) is 32.2. The number of amides is 2. The number of piperidine rings is 1. The molecule has 0 spiro atoms. The maximum absolute atomic E-state index is 11.8. The van der Waals surface area contributed by atoms with Crippen LogP contribution in [0.4, 0.5) is 4.79 Å². The number of rotatable bonds is 1. The molecule has 16 heavy (non-hydrogen) atoms. The van der Waals surface area contributed by atoms with Crippen LogP contribution < -0.4 is 5.32 Å². The van der Waals surface area contributed by atoms with Crippen LogP contribution in [0, 0.1) is 17.8 Å². The molecule has 3 atom stereocenters. The standard InChI is InChI=1S/C11H18N2O3/c1-11(2,3)12-9(14)8-6-4-13(10(15)16)5-7(6)8/h6-8H,4-5H2,1-3H3,(H,12,14)(H,15,16)/t6-,7+,8?. The molecule has 2 rings (SSSR count). The smallest absolute Gasteiger partial charge is 0.407 e. The number of carboxylic acid groups (broad SMARTS) is 1. The molecule has 2 aliphatic rings. The van der Waals surface area contributed by atoms with Crippen LogP contribution in [0.5, 0.6) is 0 Å². The fourth-order valence-electron chi connectivity index (χ4n) is 2.52. The van der Waals surface area contributed by atoms with Crippen LogP contribution in [0.25, 0.3) is 0 Å². The molecule has 0 aromatic rings. The molecular weight excluding hydrogens is 208 g/mol. The van der Waals surface area contributed by atoms with Gasteiger partial charge in [0.2, 0.25) is 5.91 Å². The fourth-order valence-corrected chi connectivity index (χ4v) is 2.52. The van der Waals surface area contributed by atoms with Crippen LogP contribution in [-0.2, 0) is 4.79 Å². The Kier molecular flexibility index (Phi) is 2.36. The van der Waals surface area contributed by atoms with Crippen LogP contribution in [-0.4, -0.2) is 40.6 Å². The van der Waals surface area contributed by atoms with Gasteiger partial charge in [-0.25, -0.2) is 4.79 Å². The molecule has 90 valence electrons. The topological polar surface area (TPSA) is 69.6 Å². The Morgan fingerprint density at radius 2 is 1.75 bits per heavy atom. The monoisotopic (exact) mass is 226 g/mol. The highest BCUT2D eigenvalue weighted by Gasteiger charge is 2.60. The lowest BCUT2D eigenvalue weighted by molar-refractivity contribution is -0.124. The van der Waals surface area contributed by atoms with Gasteiger partial charge in [0.05, 0.1) is 0 Å². The maximum atomic E-state index is 11.8. The van der Waals surface area contributed by atoms with E-state index in [1.54, 1.807) is 0 Å². The van der Waals surface area contributed by atoms with E-state index in [2.05, 4.69) is 5.32 Å². The predicted octanol–water partition coefficient (Wildman–Crippen LogP) is 0.757. The highest BCUT2D eigenvalue weighted by atomic mass is 16.4. The molecular formula is C11H18N2O3. The fraction of sp³-hybridized carbons (Fsp3) is 0.818. The Morgan fingerprint density at radius 1 is 1.25 bits per heavy atom. The van der Waals surface area contributed by atoms with Gasteiger partial charge in [0, 0.05) is 24.5 Å². The molecule has 2 N–H and O–H groups in total. The lowest BCUT2D eigenvalue weighted by Crippen LogP contribution is -2.43. The average Bonchev–Trinajstić information content (AvgIpc) is 2.59. The van der Waals surface area contributed by atoms with E-state index >= 15 is 0 Å². The number of carbonyl (C=O) groups excluding carboxylic acids is 1. The lowest BCUT2D eigenvalue weighted by Gasteiger charge is -2.22. The summed E-state index contributed by atoms with van der Waals surface area (Å²) in [5.74, 6) is 0.610. The summed E-state index contributed by atoms with van der Waals surface area (Å²) in [4.78, 5) is 23.9. The molecule has 1 unspecified atom stereocenters. The Balaban J connectivity index is 1.86. The first-order chi connectivity index (χ1) is 7.29. The van der Waals surface area contributed by atoms with Gasteiger partial charge in [0.1, 0.15) is 0 Å². The summed E-state index contributed by atoms with van der Waals surface area (Å²) in [7, 11) is 0. The van der Waals surface area contributed by atoms with Crippen LogP contribution in [0.1, 0.15) is 20.8 Å². The summed E-state index contributed by atoms with van der Waals surface area (Å²) >= 11 is 0. The zero-order valence-electron chi connectivity index (χ0n) is 9.86. The molecule has 0 radical (unpaired) electrons. The van der Waals surface area contributed by atoms with Crippen molar-refractivity contribution in [2.24, 2.45) is 17.8 Å². The number of nitrogens with zero attached hydrogens (tertiary/aromatic N) is 1. The minimum Gasteiger partial charge on any atom is -0.465 e. The summed E-state index contributed by atoms with van der Waals surface area (Å²) < 4.78 is 0.